The zero-order chi connectivity index (χ0) is 14.1. The van der Waals surface area contributed by atoms with Crippen LogP contribution in [0.2, 0.25) is 0 Å². The molecule has 3 rings (SSSR count). The number of rotatable bonds is 3. The van der Waals surface area contributed by atoms with E-state index < -0.39 is 0 Å². The summed E-state index contributed by atoms with van der Waals surface area (Å²) in [6.07, 6.45) is 2.89. The fourth-order valence-corrected chi connectivity index (χ4v) is 2.52. The molecule has 2 aromatic carbocycles. The molecule has 1 aromatic heterocycles. The van der Waals surface area contributed by atoms with Crippen LogP contribution in [0.5, 0.6) is 0 Å². The molecule has 0 aliphatic rings. The fourth-order valence-electron chi connectivity index (χ4n) is 2.52. The molecule has 3 aromatic rings. The van der Waals surface area contributed by atoms with E-state index >= 15 is 0 Å². The van der Waals surface area contributed by atoms with Crippen LogP contribution in [0.15, 0.2) is 54.7 Å². The number of aryl methyl sites for hydroxylation is 1. The average molecular weight is 266 g/mol. The summed E-state index contributed by atoms with van der Waals surface area (Å²) in [5.41, 5.74) is 3.64. The van der Waals surface area contributed by atoms with E-state index in [1.54, 1.807) is 12.1 Å². The Labute approximate surface area is 116 Å². The molecule has 0 unspecified atom stereocenters. The zero-order valence-corrected chi connectivity index (χ0v) is 11.1. The SMILES string of the molecule is Cn1cc(Cc2ccc([N+](=O)[O-])cc2)c2ccccc21. The summed E-state index contributed by atoms with van der Waals surface area (Å²) in [5.74, 6) is 0. The number of benzene rings is 2. The Morgan fingerprint density at radius 3 is 2.50 bits per heavy atom. The van der Waals surface area contributed by atoms with Crippen molar-refractivity contribution < 1.29 is 4.92 Å². The maximum Gasteiger partial charge on any atom is 0.269 e. The van der Waals surface area contributed by atoms with Crippen LogP contribution < -0.4 is 0 Å². The van der Waals surface area contributed by atoms with Gasteiger partial charge in [-0.25, -0.2) is 0 Å². The normalized spacial score (nSPS) is 10.8. The molecule has 20 heavy (non-hydrogen) atoms. The number of hydrogen-bond donors (Lipinski definition) is 0. The minimum absolute atomic E-state index is 0.131. The molecule has 0 N–H and O–H groups in total. The molecule has 100 valence electrons. The van der Waals surface area contributed by atoms with E-state index in [2.05, 4.69) is 22.9 Å². The van der Waals surface area contributed by atoms with E-state index in [4.69, 9.17) is 0 Å². The van der Waals surface area contributed by atoms with Crippen LogP contribution in [-0.4, -0.2) is 9.49 Å². The van der Waals surface area contributed by atoms with Gasteiger partial charge in [-0.3, -0.25) is 10.1 Å². The first-order chi connectivity index (χ1) is 9.65. The lowest BCUT2D eigenvalue weighted by Gasteiger charge is -2.00. The second-order valence-corrected chi connectivity index (χ2v) is 4.88. The number of para-hydroxylation sites is 1. The van der Waals surface area contributed by atoms with Gasteiger partial charge >= 0.3 is 0 Å². The van der Waals surface area contributed by atoms with E-state index in [1.165, 1.54) is 16.5 Å². The molecule has 0 amide bonds. The standard InChI is InChI=1S/C16H14N2O2/c1-17-11-13(15-4-2-3-5-16(15)17)10-12-6-8-14(9-7-12)18(19)20/h2-9,11H,10H2,1H3. The minimum atomic E-state index is -0.373. The topological polar surface area (TPSA) is 48.1 Å². The van der Waals surface area contributed by atoms with E-state index in [0.29, 0.717) is 0 Å². The number of aromatic nitrogens is 1. The van der Waals surface area contributed by atoms with Gasteiger partial charge in [-0.1, -0.05) is 30.3 Å². The summed E-state index contributed by atoms with van der Waals surface area (Å²) in [4.78, 5) is 10.3. The van der Waals surface area contributed by atoms with E-state index in [1.807, 2.05) is 31.3 Å². The second-order valence-electron chi connectivity index (χ2n) is 4.88. The first-order valence-corrected chi connectivity index (χ1v) is 6.41. The van der Waals surface area contributed by atoms with Gasteiger partial charge in [-0.2, -0.15) is 0 Å². The molecule has 0 saturated heterocycles. The Bertz CT molecular complexity index is 773. The average Bonchev–Trinajstić information content (AvgIpc) is 2.77. The Kier molecular flexibility index (Phi) is 2.99. The summed E-state index contributed by atoms with van der Waals surface area (Å²) < 4.78 is 2.11. The van der Waals surface area contributed by atoms with Gasteiger partial charge in [0.1, 0.15) is 0 Å². The lowest BCUT2D eigenvalue weighted by molar-refractivity contribution is -0.384. The molecule has 0 bridgehead atoms. The van der Waals surface area contributed by atoms with Crippen LogP contribution in [0.3, 0.4) is 0 Å². The van der Waals surface area contributed by atoms with Gasteiger partial charge < -0.3 is 4.57 Å². The Morgan fingerprint density at radius 1 is 1.10 bits per heavy atom. The van der Waals surface area contributed by atoms with Gasteiger partial charge in [0.25, 0.3) is 5.69 Å². The quantitative estimate of drug-likeness (QED) is 0.536. The van der Waals surface area contributed by atoms with Crippen molar-refractivity contribution in [3.05, 3.63) is 76.0 Å². The van der Waals surface area contributed by atoms with E-state index in [0.717, 1.165) is 12.0 Å². The van der Waals surface area contributed by atoms with Crippen molar-refractivity contribution in [3.8, 4) is 0 Å². The molecule has 0 spiro atoms. The number of nitro benzene ring substituents is 1. The largest absolute Gasteiger partial charge is 0.350 e. The van der Waals surface area contributed by atoms with Crippen molar-refractivity contribution in [2.45, 2.75) is 6.42 Å². The first kappa shape index (κ1) is 12.4. The molecular weight excluding hydrogens is 252 g/mol. The highest BCUT2D eigenvalue weighted by atomic mass is 16.6. The van der Waals surface area contributed by atoms with Gasteiger partial charge in [0.2, 0.25) is 0 Å². The van der Waals surface area contributed by atoms with Gasteiger partial charge in [0.15, 0.2) is 0 Å². The summed E-state index contributed by atoms with van der Waals surface area (Å²) in [6.45, 7) is 0. The predicted molar refractivity (Wildman–Crippen MR) is 78.8 cm³/mol. The molecule has 0 fully saturated rings. The van der Waals surface area contributed by atoms with Crippen LogP contribution in [-0.2, 0) is 13.5 Å². The molecule has 4 heteroatoms. The van der Waals surface area contributed by atoms with Gasteiger partial charge in [-0.15, -0.1) is 0 Å². The maximum absolute atomic E-state index is 10.7. The smallest absolute Gasteiger partial charge is 0.269 e. The first-order valence-electron chi connectivity index (χ1n) is 6.41. The zero-order valence-electron chi connectivity index (χ0n) is 11.1. The molecule has 1 heterocycles. The van der Waals surface area contributed by atoms with Crippen molar-refractivity contribution in [3.63, 3.8) is 0 Å². The number of nitro groups is 1. The molecule has 4 nitrogen and oxygen atoms in total. The van der Waals surface area contributed by atoms with Crippen LogP contribution in [0.4, 0.5) is 5.69 Å². The summed E-state index contributed by atoms with van der Waals surface area (Å²) in [7, 11) is 2.03. The third kappa shape index (κ3) is 2.16. The van der Waals surface area contributed by atoms with E-state index in [-0.39, 0.29) is 10.6 Å². The third-order valence-electron chi connectivity index (χ3n) is 3.52. The highest BCUT2D eigenvalue weighted by Gasteiger charge is 2.08. The Balaban J connectivity index is 1.95. The van der Waals surface area contributed by atoms with Gasteiger partial charge in [-0.05, 0) is 23.6 Å². The monoisotopic (exact) mass is 266 g/mol. The van der Waals surface area contributed by atoms with Crippen molar-refractivity contribution in [2.24, 2.45) is 7.05 Å². The number of nitrogens with zero attached hydrogens (tertiary/aromatic N) is 2. The third-order valence-corrected chi connectivity index (χ3v) is 3.52. The van der Waals surface area contributed by atoms with Crippen molar-refractivity contribution in [2.75, 3.05) is 0 Å². The van der Waals surface area contributed by atoms with Crippen LogP contribution in [0.1, 0.15) is 11.1 Å². The second kappa shape index (κ2) is 4.81. The lowest BCUT2D eigenvalue weighted by Crippen LogP contribution is -1.90. The number of non-ortho nitro benzene ring substituents is 1. The summed E-state index contributed by atoms with van der Waals surface area (Å²) in [6, 6.07) is 15.0. The predicted octanol–water partition coefficient (Wildman–Crippen LogP) is 3.68. The van der Waals surface area contributed by atoms with Gasteiger partial charge in [0.05, 0.1) is 4.92 Å². The highest BCUT2D eigenvalue weighted by Crippen LogP contribution is 2.23. The highest BCUT2D eigenvalue weighted by molar-refractivity contribution is 5.84. The number of hydrogen-bond acceptors (Lipinski definition) is 2. The fraction of sp³-hybridized carbons (Fsp3) is 0.125. The lowest BCUT2D eigenvalue weighted by atomic mass is 10.0. The summed E-state index contributed by atoms with van der Waals surface area (Å²) >= 11 is 0. The Hall–Kier alpha value is -2.62. The number of fused-ring (bicyclic) bond motifs is 1. The van der Waals surface area contributed by atoms with Crippen LogP contribution in [0.25, 0.3) is 10.9 Å². The molecule has 0 atom stereocenters. The molecule has 0 aliphatic heterocycles. The van der Waals surface area contributed by atoms with Crippen molar-refractivity contribution in [1.82, 2.24) is 4.57 Å². The van der Waals surface area contributed by atoms with E-state index in [9.17, 15) is 10.1 Å². The Morgan fingerprint density at radius 2 is 1.80 bits per heavy atom. The van der Waals surface area contributed by atoms with Crippen LogP contribution >= 0.6 is 0 Å². The summed E-state index contributed by atoms with van der Waals surface area (Å²) in [5, 5.41) is 11.9. The molecular formula is C16H14N2O2. The molecule has 0 saturated carbocycles. The molecule has 0 aliphatic carbocycles. The maximum atomic E-state index is 10.7. The van der Waals surface area contributed by atoms with Crippen molar-refractivity contribution >= 4 is 16.6 Å². The van der Waals surface area contributed by atoms with Crippen LogP contribution in [0, 0.1) is 10.1 Å². The van der Waals surface area contributed by atoms with Crippen molar-refractivity contribution in [1.29, 1.82) is 0 Å². The molecule has 0 radical (unpaired) electrons. The van der Waals surface area contributed by atoms with Gasteiger partial charge in [0, 0.05) is 36.3 Å². The minimum Gasteiger partial charge on any atom is -0.350 e.